The summed E-state index contributed by atoms with van der Waals surface area (Å²) in [6, 6.07) is 6.85. The van der Waals surface area contributed by atoms with Crippen LogP contribution in [-0.2, 0) is 19.4 Å². The highest BCUT2D eigenvalue weighted by molar-refractivity contribution is 8.13. The van der Waals surface area contributed by atoms with Crippen LogP contribution >= 0.6 is 11.8 Å². The van der Waals surface area contributed by atoms with Crippen molar-refractivity contribution in [3.8, 4) is 0 Å². The molecule has 1 aromatic carbocycles. The first-order valence-electron chi connectivity index (χ1n) is 7.30. The number of benzene rings is 1. The molecule has 0 bridgehead atoms. The fourth-order valence-electron chi connectivity index (χ4n) is 2.87. The van der Waals surface area contributed by atoms with Crippen LogP contribution < -0.4 is 0 Å². The summed E-state index contributed by atoms with van der Waals surface area (Å²) in [6.45, 7) is 5.82. The van der Waals surface area contributed by atoms with Crippen LogP contribution in [0.5, 0.6) is 0 Å². The van der Waals surface area contributed by atoms with Gasteiger partial charge in [-0.15, -0.1) is 11.8 Å². The van der Waals surface area contributed by atoms with Gasteiger partial charge in [0.25, 0.3) is 0 Å². The van der Waals surface area contributed by atoms with Gasteiger partial charge in [-0.05, 0) is 31.2 Å². The molecule has 6 heteroatoms. The second-order valence-corrected chi connectivity index (χ2v) is 9.38. The summed E-state index contributed by atoms with van der Waals surface area (Å²) >= 11 is 1.28. The predicted molar refractivity (Wildman–Crippen MR) is 88.5 cm³/mol. The first-order valence-corrected chi connectivity index (χ1v) is 10.1. The molecule has 0 radical (unpaired) electrons. The quantitative estimate of drug-likeness (QED) is 0.770. The summed E-state index contributed by atoms with van der Waals surface area (Å²) in [6.07, 6.45) is 1.60. The van der Waals surface area contributed by atoms with Crippen molar-refractivity contribution in [2.75, 3.05) is 6.26 Å². The highest BCUT2D eigenvalue weighted by atomic mass is 32.3. The van der Waals surface area contributed by atoms with Gasteiger partial charge in [0.15, 0.2) is 9.84 Å². The third-order valence-corrected chi connectivity index (χ3v) is 8.03. The lowest BCUT2D eigenvalue weighted by molar-refractivity contribution is -0.143. The van der Waals surface area contributed by atoms with Crippen LogP contribution in [0.3, 0.4) is 0 Å². The van der Waals surface area contributed by atoms with Gasteiger partial charge in [0.05, 0.1) is 11.3 Å². The van der Waals surface area contributed by atoms with Gasteiger partial charge in [0, 0.05) is 5.92 Å². The minimum Gasteiger partial charge on any atom is -0.462 e. The largest absolute Gasteiger partial charge is 0.462 e. The fourth-order valence-corrected chi connectivity index (χ4v) is 6.31. The van der Waals surface area contributed by atoms with Crippen molar-refractivity contribution in [1.29, 1.82) is 0 Å². The van der Waals surface area contributed by atoms with E-state index in [1.807, 2.05) is 20.8 Å². The number of cyclic esters (lactones) is 1. The molecule has 1 aromatic rings. The van der Waals surface area contributed by atoms with Crippen LogP contribution in [0.25, 0.3) is 0 Å². The van der Waals surface area contributed by atoms with Gasteiger partial charge >= 0.3 is 5.97 Å². The SMILES string of the molecule is CSC(C1CC(=O)OC1C(C)C)S(=O)(=O)c1ccc(C)cc1. The molecule has 0 aliphatic carbocycles. The highest BCUT2D eigenvalue weighted by Crippen LogP contribution is 2.39. The number of carbonyl (C=O) groups excluding carboxylic acids is 1. The Morgan fingerprint density at radius 1 is 1.23 bits per heavy atom. The van der Waals surface area contributed by atoms with E-state index in [0.717, 1.165) is 5.56 Å². The summed E-state index contributed by atoms with van der Waals surface area (Å²) < 4.78 is 30.6. The van der Waals surface area contributed by atoms with Crippen molar-refractivity contribution in [3.63, 3.8) is 0 Å². The molecule has 0 amide bonds. The number of hydrogen-bond donors (Lipinski definition) is 0. The Morgan fingerprint density at radius 3 is 2.32 bits per heavy atom. The molecule has 3 unspecified atom stereocenters. The molecule has 1 aliphatic heterocycles. The number of ether oxygens (including phenoxy) is 1. The van der Waals surface area contributed by atoms with Crippen LogP contribution in [0.1, 0.15) is 25.8 Å². The number of sulfone groups is 1. The Balaban J connectivity index is 2.38. The number of carbonyl (C=O) groups is 1. The van der Waals surface area contributed by atoms with Gasteiger partial charge in [0.1, 0.15) is 10.7 Å². The van der Waals surface area contributed by atoms with Crippen LogP contribution in [-0.4, -0.2) is 31.3 Å². The Kier molecular flexibility index (Phi) is 5.22. The van der Waals surface area contributed by atoms with E-state index >= 15 is 0 Å². The van der Waals surface area contributed by atoms with Crippen molar-refractivity contribution in [1.82, 2.24) is 0 Å². The molecule has 22 heavy (non-hydrogen) atoms. The van der Waals surface area contributed by atoms with Crippen molar-refractivity contribution < 1.29 is 17.9 Å². The van der Waals surface area contributed by atoms with Crippen molar-refractivity contribution in [2.45, 2.75) is 42.8 Å². The summed E-state index contributed by atoms with van der Waals surface area (Å²) in [5, 5.41) is 0. The minimum absolute atomic E-state index is 0.0966. The molecule has 0 saturated carbocycles. The molecule has 0 aromatic heterocycles. The standard InChI is InChI=1S/C16H22O4S2/c1-10(2)15-13(9-14(17)20-15)16(21-4)22(18,19)12-7-5-11(3)6-8-12/h5-8,10,13,15-16H,9H2,1-4H3. The molecule has 1 heterocycles. The van der Waals surface area contributed by atoms with Crippen LogP contribution in [0.15, 0.2) is 29.2 Å². The number of rotatable bonds is 5. The monoisotopic (exact) mass is 342 g/mol. The second-order valence-electron chi connectivity index (χ2n) is 6.03. The van der Waals surface area contributed by atoms with Gasteiger partial charge < -0.3 is 4.74 Å². The molecular formula is C16H22O4S2. The van der Waals surface area contributed by atoms with Gasteiger partial charge in [0.2, 0.25) is 0 Å². The fraction of sp³-hybridized carbons (Fsp3) is 0.562. The van der Waals surface area contributed by atoms with E-state index in [0.29, 0.717) is 4.90 Å². The Morgan fingerprint density at radius 2 is 1.82 bits per heavy atom. The number of hydrogen-bond acceptors (Lipinski definition) is 5. The van der Waals surface area contributed by atoms with E-state index in [2.05, 4.69) is 0 Å². The Labute approximate surface area is 136 Å². The van der Waals surface area contributed by atoms with Gasteiger partial charge in [-0.25, -0.2) is 8.42 Å². The van der Waals surface area contributed by atoms with Crippen molar-refractivity contribution >= 4 is 27.6 Å². The highest BCUT2D eigenvalue weighted by Gasteiger charge is 2.46. The van der Waals surface area contributed by atoms with Crippen molar-refractivity contribution in [2.24, 2.45) is 11.8 Å². The summed E-state index contributed by atoms with van der Waals surface area (Å²) in [5.41, 5.74) is 1.01. The molecule has 1 fully saturated rings. The third kappa shape index (κ3) is 3.33. The zero-order valence-electron chi connectivity index (χ0n) is 13.3. The Hall–Kier alpha value is -1.01. The molecule has 4 nitrogen and oxygen atoms in total. The van der Waals surface area contributed by atoms with E-state index in [1.54, 1.807) is 30.5 Å². The lowest BCUT2D eigenvalue weighted by atomic mass is 9.94. The zero-order valence-corrected chi connectivity index (χ0v) is 14.9. The Bertz CT molecular complexity index is 635. The first-order chi connectivity index (χ1) is 10.3. The van der Waals surface area contributed by atoms with E-state index in [9.17, 15) is 13.2 Å². The minimum atomic E-state index is -3.51. The molecule has 1 saturated heterocycles. The molecular weight excluding hydrogens is 320 g/mol. The van der Waals surface area contributed by atoms with Gasteiger partial charge in [-0.2, -0.15) is 0 Å². The maximum absolute atomic E-state index is 12.9. The lowest BCUT2D eigenvalue weighted by Crippen LogP contribution is -2.35. The number of thioether (sulfide) groups is 1. The second kappa shape index (κ2) is 6.62. The lowest BCUT2D eigenvalue weighted by Gasteiger charge is -2.27. The summed E-state index contributed by atoms with van der Waals surface area (Å²) in [5.74, 6) is -0.519. The smallest absolute Gasteiger partial charge is 0.306 e. The van der Waals surface area contributed by atoms with E-state index < -0.39 is 14.4 Å². The predicted octanol–water partition coefficient (Wildman–Crippen LogP) is 3.05. The van der Waals surface area contributed by atoms with Crippen molar-refractivity contribution in [3.05, 3.63) is 29.8 Å². The van der Waals surface area contributed by atoms with E-state index in [1.165, 1.54) is 11.8 Å². The summed E-state index contributed by atoms with van der Waals surface area (Å²) in [7, 11) is -3.51. The van der Waals surface area contributed by atoms with Crippen LogP contribution in [0.2, 0.25) is 0 Å². The summed E-state index contributed by atoms with van der Waals surface area (Å²) in [4.78, 5) is 12.0. The molecule has 0 spiro atoms. The molecule has 0 N–H and O–H groups in total. The van der Waals surface area contributed by atoms with E-state index in [-0.39, 0.29) is 30.3 Å². The average Bonchev–Trinajstić information content (AvgIpc) is 2.81. The molecule has 1 aliphatic rings. The number of esters is 1. The normalized spacial score (nSPS) is 23.6. The maximum Gasteiger partial charge on any atom is 0.306 e. The molecule has 2 rings (SSSR count). The third-order valence-electron chi connectivity index (χ3n) is 3.99. The molecule has 122 valence electrons. The first kappa shape index (κ1) is 17.3. The van der Waals surface area contributed by atoms with E-state index in [4.69, 9.17) is 4.74 Å². The average molecular weight is 342 g/mol. The maximum atomic E-state index is 12.9. The number of aryl methyl sites for hydroxylation is 1. The molecule has 3 atom stereocenters. The van der Waals surface area contributed by atoms with Gasteiger partial charge in [-0.3, -0.25) is 4.79 Å². The zero-order chi connectivity index (χ0) is 16.5. The van der Waals surface area contributed by atoms with Gasteiger partial charge in [-0.1, -0.05) is 31.5 Å². The van der Waals surface area contributed by atoms with Crippen LogP contribution in [0.4, 0.5) is 0 Å². The topological polar surface area (TPSA) is 60.4 Å². The van der Waals surface area contributed by atoms with Crippen LogP contribution in [0, 0.1) is 18.8 Å².